The van der Waals surface area contributed by atoms with Crippen LogP contribution in [0, 0.1) is 18.2 Å². The lowest BCUT2D eigenvalue weighted by Gasteiger charge is -2.39. The summed E-state index contributed by atoms with van der Waals surface area (Å²) in [4.78, 5) is 31.7. The van der Waals surface area contributed by atoms with Crippen molar-refractivity contribution in [3.05, 3.63) is 59.7 Å². The van der Waals surface area contributed by atoms with Crippen molar-refractivity contribution in [2.24, 2.45) is 5.41 Å². The van der Waals surface area contributed by atoms with Gasteiger partial charge in [-0.05, 0) is 62.9 Å². The first-order valence-electron chi connectivity index (χ1n) is 9.86. The molecule has 1 aromatic heterocycles. The highest BCUT2D eigenvalue weighted by atomic mass is 19.1. The summed E-state index contributed by atoms with van der Waals surface area (Å²) in [5.74, 6) is -0.819. The molecule has 2 N–H and O–H groups in total. The fraction of sp³-hybridized carbons (Fsp3) is 0.409. The Morgan fingerprint density at radius 2 is 2.07 bits per heavy atom. The monoisotopic (exact) mass is 397 g/mol. The predicted octanol–water partition coefficient (Wildman–Crippen LogP) is 2.60. The number of benzene rings is 1. The Balaban J connectivity index is 1.51. The third-order valence-electron chi connectivity index (χ3n) is 5.91. The summed E-state index contributed by atoms with van der Waals surface area (Å²) in [6.45, 7) is 2.28. The highest BCUT2D eigenvalue weighted by Crippen LogP contribution is 2.46. The van der Waals surface area contributed by atoms with E-state index < -0.39 is 17.3 Å². The molecule has 152 valence electrons. The van der Waals surface area contributed by atoms with Crippen LogP contribution in [-0.4, -0.2) is 40.6 Å². The van der Waals surface area contributed by atoms with Gasteiger partial charge in [0.25, 0.3) is 5.91 Å². The molecule has 3 atom stereocenters. The van der Waals surface area contributed by atoms with Gasteiger partial charge < -0.3 is 15.3 Å². The number of nitrogens with zero attached hydrogens (tertiary/aromatic N) is 2. The van der Waals surface area contributed by atoms with E-state index >= 15 is 0 Å². The van der Waals surface area contributed by atoms with Crippen LogP contribution < -0.4 is 10.2 Å². The lowest BCUT2D eigenvalue weighted by Crippen LogP contribution is -2.50. The van der Waals surface area contributed by atoms with Crippen LogP contribution in [0.15, 0.2) is 42.5 Å². The number of aryl methyl sites for hydroxylation is 1. The Bertz CT molecular complexity index is 950. The summed E-state index contributed by atoms with van der Waals surface area (Å²) in [7, 11) is 0. The Labute approximate surface area is 168 Å². The molecule has 0 radical (unpaired) electrons. The van der Waals surface area contributed by atoms with Crippen molar-refractivity contribution in [3.8, 4) is 0 Å². The molecule has 1 unspecified atom stereocenters. The van der Waals surface area contributed by atoms with E-state index in [4.69, 9.17) is 0 Å². The van der Waals surface area contributed by atoms with Crippen LogP contribution in [0.25, 0.3) is 0 Å². The van der Waals surface area contributed by atoms with Crippen LogP contribution in [0.2, 0.25) is 0 Å². The minimum Gasteiger partial charge on any atom is -0.393 e. The number of pyridine rings is 1. The Morgan fingerprint density at radius 1 is 1.28 bits per heavy atom. The second-order valence-electron chi connectivity index (χ2n) is 8.10. The van der Waals surface area contributed by atoms with Gasteiger partial charge in [-0.1, -0.05) is 12.1 Å². The van der Waals surface area contributed by atoms with E-state index in [2.05, 4.69) is 10.3 Å². The van der Waals surface area contributed by atoms with Crippen LogP contribution >= 0.6 is 0 Å². The molecular weight excluding hydrogens is 373 g/mol. The van der Waals surface area contributed by atoms with Crippen molar-refractivity contribution in [2.75, 3.05) is 11.4 Å². The molecule has 6 nitrogen and oxygen atoms in total. The number of halogens is 1. The number of aliphatic hydroxyl groups is 1. The van der Waals surface area contributed by atoms with Gasteiger partial charge in [0.2, 0.25) is 5.91 Å². The first-order valence-corrected chi connectivity index (χ1v) is 9.86. The lowest BCUT2D eigenvalue weighted by molar-refractivity contribution is -0.130. The zero-order valence-corrected chi connectivity index (χ0v) is 16.3. The van der Waals surface area contributed by atoms with Crippen LogP contribution in [0.3, 0.4) is 0 Å². The molecule has 2 aliphatic rings. The minimum absolute atomic E-state index is 0.116. The summed E-state index contributed by atoms with van der Waals surface area (Å²) in [5.41, 5.74) is 0.839. The van der Waals surface area contributed by atoms with Crippen molar-refractivity contribution >= 4 is 17.5 Å². The van der Waals surface area contributed by atoms with E-state index in [1.54, 1.807) is 29.2 Å². The van der Waals surface area contributed by atoms with Crippen LogP contribution in [0.4, 0.5) is 10.1 Å². The molecule has 1 aliphatic heterocycles. The molecule has 1 saturated heterocycles. The maximum Gasteiger partial charge on any atom is 0.270 e. The maximum atomic E-state index is 13.6. The Morgan fingerprint density at radius 3 is 2.83 bits per heavy atom. The Kier molecular flexibility index (Phi) is 5.08. The third-order valence-corrected chi connectivity index (χ3v) is 5.91. The van der Waals surface area contributed by atoms with Gasteiger partial charge in [0.05, 0.1) is 11.5 Å². The second-order valence-corrected chi connectivity index (χ2v) is 8.10. The molecular formula is C22H24FN3O3. The lowest BCUT2D eigenvalue weighted by atomic mass is 9.69. The largest absolute Gasteiger partial charge is 0.393 e. The Hall–Kier alpha value is -2.80. The van der Waals surface area contributed by atoms with Crippen molar-refractivity contribution in [2.45, 2.75) is 44.8 Å². The normalized spacial score (nSPS) is 26.7. The molecule has 2 heterocycles. The van der Waals surface area contributed by atoms with E-state index in [9.17, 15) is 19.1 Å². The van der Waals surface area contributed by atoms with Gasteiger partial charge in [0.15, 0.2) is 0 Å². The molecule has 1 aromatic carbocycles. The third kappa shape index (κ3) is 3.87. The topological polar surface area (TPSA) is 82.5 Å². The minimum atomic E-state index is -0.748. The zero-order valence-electron chi connectivity index (χ0n) is 16.3. The first kappa shape index (κ1) is 19.5. The molecule has 29 heavy (non-hydrogen) atoms. The van der Waals surface area contributed by atoms with Gasteiger partial charge in [-0.25, -0.2) is 9.37 Å². The molecule has 1 saturated carbocycles. The number of carbonyl (C=O) groups excluding carboxylic acids is 2. The quantitative estimate of drug-likeness (QED) is 0.834. The number of anilines is 1. The van der Waals surface area contributed by atoms with Crippen LogP contribution in [0.1, 0.15) is 41.9 Å². The average Bonchev–Trinajstić information content (AvgIpc) is 2.96. The first-order chi connectivity index (χ1) is 13.9. The predicted molar refractivity (Wildman–Crippen MR) is 106 cm³/mol. The van der Waals surface area contributed by atoms with Crippen molar-refractivity contribution in [1.29, 1.82) is 0 Å². The highest BCUT2D eigenvalue weighted by molar-refractivity contribution is 6.00. The zero-order chi connectivity index (χ0) is 20.6. The van der Waals surface area contributed by atoms with Crippen molar-refractivity contribution in [3.63, 3.8) is 0 Å². The summed E-state index contributed by atoms with van der Waals surface area (Å²) >= 11 is 0. The summed E-state index contributed by atoms with van der Waals surface area (Å²) in [6, 6.07) is 10.9. The maximum absolute atomic E-state index is 13.6. The highest BCUT2D eigenvalue weighted by Gasteiger charge is 2.52. The molecule has 1 spiro atoms. The van der Waals surface area contributed by atoms with E-state index in [-0.39, 0.29) is 17.9 Å². The number of aromatic nitrogens is 1. The number of carbonyl (C=O) groups is 2. The molecule has 1 aliphatic carbocycles. The van der Waals surface area contributed by atoms with E-state index in [0.717, 1.165) is 5.69 Å². The fourth-order valence-electron chi connectivity index (χ4n) is 4.63. The van der Waals surface area contributed by atoms with E-state index in [0.29, 0.717) is 43.6 Å². The molecule has 0 bridgehead atoms. The number of rotatable bonds is 3. The summed E-state index contributed by atoms with van der Waals surface area (Å²) in [5, 5.41) is 13.4. The second kappa shape index (κ2) is 7.55. The van der Waals surface area contributed by atoms with Gasteiger partial charge in [0, 0.05) is 24.0 Å². The molecule has 2 aromatic rings. The SMILES string of the molecule is Cc1cccc(C(=O)N[C@H]2C[C@H](O)CC3(CCN(c4cccc(F)c4)C3=O)C2)n1. The van der Waals surface area contributed by atoms with Gasteiger partial charge in [-0.3, -0.25) is 9.59 Å². The fourth-order valence-corrected chi connectivity index (χ4v) is 4.63. The number of amides is 2. The molecule has 2 fully saturated rings. The summed E-state index contributed by atoms with van der Waals surface area (Å²) < 4.78 is 13.6. The van der Waals surface area contributed by atoms with E-state index in [1.807, 2.05) is 13.0 Å². The standard InChI is InChI=1S/C22H24FN3O3/c1-14-4-2-7-19(24-14)20(28)25-16-11-18(27)13-22(12-16)8-9-26(21(22)29)17-6-3-5-15(23)10-17/h2-7,10,16,18,27H,8-9,11-13H2,1H3,(H,25,28)/t16-,18-,22?/m0/s1. The van der Waals surface area contributed by atoms with Gasteiger partial charge in [-0.2, -0.15) is 0 Å². The number of hydrogen-bond donors (Lipinski definition) is 2. The molecule has 4 rings (SSSR count). The van der Waals surface area contributed by atoms with Crippen LogP contribution in [-0.2, 0) is 4.79 Å². The average molecular weight is 397 g/mol. The molecule has 7 heteroatoms. The van der Waals surface area contributed by atoms with Crippen LogP contribution in [0.5, 0.6) is 0 Å². The van der Waals surface area contributed by atoms with Gasteiger partial charge in [-0.15, -0.1) is 0 Å². The number of hydrogen-bond acceptors (Lipinski definition) is 4. The molecule has 2 amide bonds. The number of nitrogens with one attached hydrogen (secondary N) is 1. The van der Waals surface area contributed by atoms with Gasteiger partial charge >= 0.3 is 0 Å². The van der Waals surface area contributed by atoms with Gasteiger partial charge in [0.1, 0.15) is 11.5 Å². The summed E-state index contributed by atoms with van der Waals surface area (Å²) in [6.07, 6.45) is 1.08. The number of aliphatic hydroxyl groups excluding tert-OH is 1. The van der Waals surface area contributed by atoms with Crippen molar-refractivity contribution < 1.29 is 19.1 Å². The van der Waals surface area contributed by atoms with E-state index in [1.165, 1.54) is 12.1 Å². The van der Waals surface area contributed by atoms with Crippen molar-refractivity contribution in [1.82, 2.24) is 10.3 Å². The smallest absolute Gasteiger partial charge is 0.270 e.